The Morgan fingerprint density at radius 3 is 1.62 bits per heavy atom. The van der Waals surface area contributed by atoms with Crippen LogP contribution in [0.25, 0.3) is 0 Å². The van der Waals surface area contributed by atoms with E-state index in [-0.39, 0.29) is 0 Å². The highest BCUT2D eigenvalue weighted by atomic mass is 35.6. The first-order valence-corrected chi connectivity index (χ1v) is 21.6. The van der Waals surface area contributed by atoms with Crippen LogP contribution in [0, 0.1) is 0 Å². The lowest BCUT2D eigenvalue weighted by atomic mass is 9.95. The van der Waals surface area contributed by atoms with Crippen molar-refractivity contribution in [2.45, 2.75) is 129 Å². The molecule has 4 N–H and O–H groups in total. The van der Waals surface area contributed by atoms with E-state index in [0.29, 0.717) is 0 Å². The summed E-state index contributed by atoms with van der Waals surface area (Å²) in [7, 11) is -2.78. The van der Waals surface area contributed by atoms with Crippen LogP contribution in [0.4, 0.5) is 9.59 Å². The minimum absolute atomic E-state index is 0.427. The molecule has 2 aliphatic heterocycles. The van der Waals surface area contributed by atoms with Crippen molar-refractivity contribution in [3.8, 4) is 0 Å². The Morgan fingerprint density at radius 2 is 1.16 bits per heavy atom. The number of esters is 3. The normalized spacial score (nSPS) is 29.0. The fourth-order valence-corrected chi connectivity index (χ4v) is 6.57. The summed E-state index contributed by atoms with van der Waals surface area (Å²) in [6.07, 6.45) is -14.8. The molecule has 10 atom stereocenters. The number of ether oxygens (including phenoxy) is 8. The van der Waals surface area contributed by atoms with Gasteiger partial charge in [-0.2, -0.15) is 0 Å². The third-order valence-electron chi connectivity index (χ3n) is 8.36. The van der Waals surface area contributed by atoms with Crippen molar-refractivity contribution in [1.82, 2.24) is 10.6 Å². The fourth-order valence-electron chi connectivity index (χ4n) is 4.92. The van der Waals surface area contributed by atoms with Crippen molar-refractivity contribution in [3.05, 3.63) is 0 Å². The third-order valence-corrected chi connectivity index (χ3v) is 13.5. The molecule has 4 unspecified atom stereocenters. The van der Waals surface area contributed by atoms with Crippen LogP contribution in [0.15, 0.2) is 0 Å². The highest BCUT2D eigenvalue weighted by Gasteiger charge is 2.54. The Balaban J connectivity index is 2.52. The van der Waals surface area contributed by atoms with Gasteiger partial charge in [-0.05, 0) is 18.1 Å². The highest BCUT2D eigenvalue weighted by Crippen LogP contribution is 2.40. The van der Waals surface area contributed by atoms with E-state index in [4.69, 9.17) is 112 Å². The molecular weight excluding hydrogens is 885 g/mol. The van der Waals surface area contributed by atoms with Crippen LogP contribution in [0.3, 0.4) is 0 Å². The van der Waals surface area contributed by atoms with E-state index in [9.17, 15) is 34.2 Å². The second-order valence-corrected chi connectivity index (χ2v) is 23.7. The average molecular weight is 932 g/mol. The summed E-state index contributed by atoms with van der Waals surface area (Å²) in [6, 6.07) is -3.00. The Hall–Kier alpha value is -1.33. The lowest BCUT2D eigenvalue weighted by molar-refractivity contribution is -0.299. The Kier molecular flexibility index (Phi) is 18.6. The summed E-state index contributed by atoms with van der Waals surface area (Å²) in [5.41, 5.74) is 0. The zero-order valence-electron chi connectivity index (χ0n) is 31.0. The topological polar surface area (TPSA) is 233 Å². The van der Waals surface area contributed by atoms with Crippen LogP contribution in [0.1, 0.15) is 41.5 Å². The van der Waals surface area contributed by atoms with Gasteiger partial charge < -0.3 is 63.2 Å². The number of halogens is 6. The third kappa shape index (κ3) is 16.4. The maximum absolute atomic E-state index is 12.9. The number of hydrogen-bond acceptors (Lipinski definition) is 16. The predicted octanol–water partition coefficient (Wildman–Crippen LogP) is 3.55. The average Bonchev–Trinajstić information content (AvgIpc) is 3.01. The molecule has 0 aromatic heterocycles. The van der Waals surface area contributed by atoms with Gasteiger partial charge >= 0.3 is 30.1 Å². The number of hydrogen-bond donors (Lipinski definition) is 4. The first kappa shape index (κ1) is 49.8. The molecule has 318 valence electrons. The summed E-state index contributed by atoms with van der Waals surface area (Å²) in [5, 5.41) is 27.2. The molecule has 25 heteroatoms. The molecule has 0 aromatic rings. The molecule has 55 heavy (non-hydrogen) atoms. The highest BCUT2D eigenvalue weighted by molar-refractivity contribution is 6.74. The Bertz CT molecular complexity index is 1350. The lowest BCUT2D eigenvalue weighted by Crippen LogP contribution is -2.68. The number of nitrogens with one attached hydrogen (secondary N) is 2. The van der Waals surface area contributed by atoms with E-state index in [0.717, 1.165) is 20.8 Å². The van der Waals surface area contributed by atoms with Crippen LogP contribution in [0.5, 0.6) is 0 Å². The largest absolute Gasteiger partial charge is 0.463 e. The molecular formula is C30H46Cl6N2O16Si. The van der Waals surface area contributed by atoms with Gasteiger partial charge in [0.25, 0.3) is 0 Å². The number of carbonyl (C=O) groups is 5. The molecule has 2 amide bonds. The van der Waals surface area contributed by atoms with Crippen molar-refractivity contribution < 1.29 is 76.5 Å². The summed E-state index contributed by atoms with van der Waals surface area (Å²) in [5.74, 6) is -2.52. The number of rotatable bonds is 13. The second-order valence-electron chi connectivity index (χ2n) is 13.9. The van der Waals surface area contributed by atoms with Gasteiger partial charge in [0.2, 0.25) is 7.59 Å². The fraction of sp³-hybridized carbons (Fsp3) is 0.833. The van der Waals surface area contributed by atoms with Gasteiger partial charge in [-0.1, -0.05) is 90.4 Å². The van der Waals surface area contributed by atoms with E-state index in [2.05, 4.69) is 10.6 Å². The number of aliphatic hydroxyl groups excluding tert-OH is 2. The number of carbonyl (C=O) groups excluding carboxylic acids is 5. The summed E-state index contributed by atoms with van der Waals surface area (Å²) in [4.78, 5) is 61.9. The quantitative estimate of drug-likeness (QED) is 0.0895. The van der Waals surface area contributed by atoms with Gasteiger partial charge in [-0.3, -0.25) is 14.4 Å². The molecule has 0 aliphatic carbocycles. The van der Waals surface area contributed by atoms with Crippen molar-refractivity contribution in [2.75, 3.05) is 26.4 Å². The first-order valence-electron chi connectivity index (χ1n) is 16.5. The van der Waals surface area contributed by atoms with Crippen LogP contribution in [-0.2, 0) is 56.7 Å². The molecule has 2 heterocycles. The van der Waals surface area contributed by atoms with E-state index in [1.807, 2.05) is 33.9 Å². The molecule has 0 radical (unpaired) electrons. The molecule has 2 saturated heterocycles. The van der Waals surface area contributed by atoms with E-state index in [1.165, 1.54) is 0 Å². The van der Waals surface area contributed by atoms with Crippen LogP contribution < -0.4 is 10.6 Å². The minimum Gasteiger partial charge on any atom is -0.463 e. The van der Waals surface area contributed by atoms with Crippen LogP contribution >= 0.6 is 69.6 Å². The van der Waals surface area contributed by atoms with Gasteiger partial charge in [0, 0.05) is 20.8 Å². The number of amides is 2. The summed E-state index contributed by atoms with van der Waals surface area (Å²) >= 11 is 34.2. The summed E-state index contributed by atoms with van der Waals surface area (Å²) in [6.45, 7) is 10.1. The maximum Gasteiger partial charge on any atom is 0.407 e. The number of aliphatic hydroxyl groups is 2. The Morgan fingerprint density at radius 1 is 0.673 bits per heavy atom. The standard InChI is InChI=1S/C30H46Cl6N2O16Si/c1-13(39)46-10-17-21(50-14(2)40)23(51-15(3)41)19(38-27(45)49-12-30(34,35)36)25(53-17)47-9-16-20(42)22(54-55(7,8)28(4,5)6)18(24(43)52-16)37-26(44)48-11-29(31,32)33/h16-25,42-43H,9-12H2,1-8H3,(H,37,44)(H,38,45)/t16?,17?,18-,19-,20+,21+,22?,23?,24-,25-/m1/s1. The van der Waals surface area contributed by atoms with Gasteiger partial charge in [-0.25, -0.2) is 9.59 Å². The first-order chi connectivity index (χ1) is 25.0. The number of alkyl carbamates (subject to hydrolysis) is 2. The molecule has 0 bridgehead atoms. The predicted molar refractivity (Wildman–Crippen MR) is 198 cm³/mol. The second kappa shape index (κ2) is 20.6. The molecule has 2 fully saturated rings. The van der Waals surface area contributed by atoms with Crippen molar-refractivity contribution >= 4 is 108 Å². The van der Waals surface area contributed by atoms with Gasteiger partial charge in [-0.15, -0.1) is 0 Å². The monoisotopic (exact) mass is 928 g/mol. The van der Waals surface area contributed by atoms with E-state index < -0.39 is 139 Å². The lowest BCUT2D eigenvalue weighted by Gasteiger charge is -2.48. The van der Waals surface area contributed by atoms with Crippen LogP contribution in [-0.4, -0.2) is 144 Å². The molecule has 0 spiro atoms. The summed E-state index contributed by atoms with van der Waals surface area (Å²) < 4.78 is 46.1. The molecule has 0 saturated carbocycles. The maximum atomic E-state index is 12.9. The Labute approximate surface area is 348 Å². The molecule has 0 aromatic carbocycles. The minimum atomic E-state index is -2.78. The van der Waals surface area contributed by atoms with Gasteiger partial charge in [0.1, 0.15) is 50.2 Å². The van der Waals surface area contributed by atoms with E-state index in [1.54, 1.807) is 0 Å². The zero-order valence-corrected chi connectivity index (χ0v) is 36.5. The van der Waals surface area contributed by atoms with Crippen molar-refractivity contribution in [3.63, 3.8) is 0 Å². The van der Waals surface area contributed by atoms with Crippen molar-refractivity contribution in [1.29, 1.82) is 0 Å². The smallest absolute Gasteiger partial charge is 0.407 e. The SMILES string of the molecule is CC(=O)OCC1O[C@@H](OCC2O[C@@H](O)[C@H](NC(=O)OCC(Cl)(Cl)Cl)C(O[Si](C)(C)C(C)(C)C)[C@H]2O)[C@H](NC(=O)OCC(Cl)(Cl)Cl)C(OC(C)=O)[C@H]1OC(C)=O. The molecule has 2 rings (SSSR count). The zero-order chi connectivity index (χ0) is 42.3. The molecule has 18 nitrogen and oxygen atoms in total. The van der Waals surface area contributed by atoms with E-state index >= 15 is 0 Å². The molecule has 2 aliphatic rings. The van der Waals surface area contributed by atoms with Gasteiger partial charge in [0.15, 0.2) is 33.1 Å². The van der Waals surface area contributed by atoms with Crippen molar-refractivity contribution in [2.24, 2.45) is 0 Å². The van der Waals surface area contributed by atoms with Gasteiger partial charge in [0.05, 0.1) is 12.7 Å². The number of alkyl halides is 6. The van der Waals surface area contributed by atoms with Crippen LogP contribution in [0.2, 0.25) is 18.1 Å².